The number of hydrogen-bond donors (Lipinski definition) is 1. The summed E-state index contributed by atoms with van der Waals surface area (Å²) >= 11 is 3.38. The average molecular weight is 335 g/mol. The van der Waals surface area contributed by atoms with E-state index >= 15 is 0 Å². The van der Waals surface area contributed by atoms with Gasteiger partial charge in [0, 0.05) is 27.6 Å². The third-order valence-electron chi connectivity index (χ3n) is 2.86. The molecule has 0 saturated carbocycles. The van der Waals surface area contributed by atoms with E-state index in [1.807, 2.05) is 43.3 Å². The van der Waals surface area contributed by atoms with E-state index in [9.17, 15) is 4.79 Å². The third kappa shape index (κ3) is 3.57. The second-order valence-corrected chi connectivity index (χ2v) is 5.26. The van der Waals surface area contributed by atoms with Gasteiger partial charge >= 0.3 is 5.97 Å². The molecule has 20 heavy (non-hydrogen) atoms. The van der Waals surface area contributed by atoms with Gasteiger partial charge in [0.1, 0.15) is 0 Å². The van der Waals surface area contributed by atoms with Crippen molar-refractivity contribution in [3.8, 4) is 0 Å². The molecule has 0 aliphatic carbocycles. The minimum absolute atomic E-state index is 0.349. The highest BCUT2D eigenvalue weighted by Gasteiger charge is 2.21. The summed E-state index contributed by atoms with van der Waals surface area (Å²) in [5.74, 6) is -0.349. The molecular formula is C15H15BrN2O2. The summed E-state index contributed by atoms with van der Waals surface area (Å²) in [5, 5.41) is 3.16. The Morgan fingerprint density at radius 3 is 2.50 bits per heavy atom. The van der Waals surface area contributed by atoms with Crippen LogP contribution in [0.5, 0.6) is 0 Å². The molecule has 0 amide bonds. The number of anilines is 1. The van der Waals surface area contributed by atoms with Crippen LogP contribution in [0.4, 0.5) is 5.69 Å². The lowest BCUT2D eigenvalue weighted by atomic mass is 10.1. The third-order valence-corrected chi connectivity index (χ3v) is 3.39. The summed E-state index contributed by atoms with van der Waals surface area (Å²) in [6, 6.07) is 10.8. The summed E-state index contributed by atoms with van der Waals surface area (Å²) in [4.78, 5) is 16.2. The van der Waals surface area contributed by atoms with E-state index in [2.05, 4.69) is 26.2 Å². The molecule has 1 aromatic carbocycles. The number of carbonyl (C=O) groups excluding carboxylic acids is 1. The van der Waals surface area contributed by atoms with Crippen molar-refractivity contribution in [3.05, 3.63) is 58.3 Å². The molecule has 0 fully saturated rings. The maximum atomic E-state index is 11.9. The number of ether oxygens (including phenoxy) is 1. The quantitative estimate of drug-likeness (QED) is 0.869. The lowest BCUT2D eigenvalue weighted by molar-refractivity contribution is -0.141. The van der Waals surface area contributed by atoms with Gasteiger partial charge in [0.2, 0.25) is 0 Å². The number of rotatable bonds is 4. The number of carbonyl (C=O) groups is 1. The number of esters is 1. The lowest BCUT2D eigenvalue weighted by Gasteiger charge is -2.18. The molecule has 1 N–H and O–H groups in total. The molecule has 0 bridgehead atoms. The van der Waals surface area contributed by atoms with Gasteiger partial charge in [0.15, 0.2) is 6.04 Å². The van der Waals surface area contributed by atoms with Crippen molar-refractivity contribution >= 4 is 27.6 Å². The molecule has 0 aliphatic rings. The van der Waals surface area contributed by atoms with E-state index in [1.165, 1.54) is 7.11 Å². The fourth-order valence-corrected chi connectivity index (χ4v) is 2.02. The predicted molar refractivity (Wildman–Crippen MR) is 81.5 cm³/mol. The highest BCUT2D eigenvalue weighted by Crippen LogP contribution is 2.22. The maximum absolute atomic E-state index is 11.9. The topological polar surface area (TPSA) is 51.2 Å². The minimum Gasteiger partial charge on any atom is -0.467 e. The van der Waals surface area contributed by atoms with Crippen molar-refractivity contribution in [1.82, 2.24) is 4.98 Å². The number of halogens is 1. The number of aryl methyl sites for hydroxylation is 1. The van der Waals surface area contributed by atoms with Crippen molar-refractivity contribution in [2.45, 2.75) is 13.0 Å². The Morgan fingerprint density at radius 1 is 1.25 bits per heavy atom. The SMILES string of the molecule is COC(=O)C(Nc1ccc(Br)cc1)c1ccc(C)nc1. The van der Waals surface area contributed by atoms with Gasteiger partial charge in [-0.25, -0.2) is 4.79 Å². The fraction of sp³-hybridized carbons (Fsp3) is 0.200. The van der Waals surface area contributed by atoms with Gasteiger partial charge in [0.05, 0.1) is 7.11 Å². The summed E-state index contributed by atoms with van der Waals surface area (Å²) in [7, 11) is 1.38. The average Bonchev–Trinajstić information content (AvgIpc) is 2.47. The second kappa shape index (κ2) is 6.52. The number of benzene rings is 1. The molecule has 1 heterocycles. The Hall–Kier alpha value is -1.88. The van der Waals surface area contributed by atoms with Crippen molar-refractivity contribution in [2.75, 3.05) is 12.4 Å². The molecule has 104 valence electrons. The number of methoxy groups -OCH3 is 1. The van der Waals surface area contributed by atoms with Crippen molar-refractivity contribution in [1.29, 1.82) is 0 Å². The van der Waals surface area contributed by atoms with Gasteiger partial charge in [0.25, 0.3) is 0 Å². The van der Waals surface area contributed by atoms with Gasteiger partial charge in [-0.1, -0.05) is 22.0 Å². The molecule has 1 unspecified atom stereocenters. The van der Waals surface area contributed by atoms with Gasteiger partial charge in [-0.05, 0) is 37.3 Å². The Morgan fingerprint density at radius 2 is 1.95 bits per heavy atom. The van der Waals surface area contributed by atoms with Crippen LogP contribution in [-0.4, -0.2) is 18.1 Å². The van der Waals surface area contributed by atoms with Gasteiger partial charge in [-0.3, -0.25) is 4.98 Å². The van der Waals surface area contributed by atoms with Crippen molar-refractivity contribution in [3.63, 3.8) is 0 Å². The molecule has 0 aliphatic heterocycles. The van der Waals surface area contributed by atoms with E-state index in [1.54, 1.807) is 6.20 Å². The van der Waals surface area contributed by atoms with E-state index in [4.69, 9.17) is 4.74 Å². The van der Waals surface area contributed by atoms with Gasteiger partial charge < -0.3 is 10.1 Å². The van der Waals surface area contributed by atoms with Crippen LogP contribution in [-0.2, 0) is 9.53 Å². The first-order chi connectivity index (χ1) is 9.60. The normalized spacial score (nSPS) is 11.8. The first kappa shape index (κ1) is 14.5. The summed E-state index contributed by atoms with van der Waals surface area (Å²) in [6.07, 6.45) is 1.68. The Labute approximate surface area is 126 Å². The maximum Gasteiger partial charge on any atom is 0.333 e. The molecule has 1 aromatic heterocycles. The molecular weight excluding hydrogens is 320 g/mol. The number of hydrogen-bond acceptors (Lipinski definition) is 4. The van der Waals surface area contributed by atoms with Crippen LogP contribution < -0.4 is 5.32 Å². The van der Waals surface area contributed by atoms with Crippen LogP contribution in [0.2, 0.25) is 0 Å². The molecule has 2 rings (SSSR count). The smallest absolute Gasteiger partial charge is 0.333 e. The number of aromatic nitrogens is 1. The monoisotopic (exact) mass is 334 g/mol. The molecule has 4 nitrogen and oxygen atoms in total. The molecule has 0 saturated heterocycles. The van der Waals surface area contributed by atoms with E-state index in [-0.39, 0.29) is 5.97 Å². The van der Waals surface area contributed by atoms with E-state index in [0.717, 1.165) is 21.4 Å². The molecule has 1 atom stereocenters. The van der Waals surface area contributed by atoms with Crippen LogP contribution in [0.15, 0.2) is 47.1 Å². The molecule has 2 aromatic rings. The number of nitrogens with one attached hydrogen (secondary N) is 1. The molecule has 0 radical (unpaired) electrons. The van der Waals surface area contributed by atoms with E-state index in [0.29, 0.717) is 0 Å². The van der Waals surface area contributed by atoms with Crippen LogP contribution in [0.1, 0.15) is 17.3 Å². The van der Waals surface area contributed by atoms with Crippen LogP contribution in [0, 0.1) is 6.92 Å². The fourth-order valence-electron chi connectivity index (χ4n) is 1.76. The standard InChI is InChI=1S/C15H15BrN2O2/c1-10-3-4-11(9-17-10)14(15(19)20-2)18-13-7-5-12(16)6-8-13/h3-9,14,18H,1-2H3. The Balaban J connectivity index is 2.26. The largest absolute Gasteiger partial charge is 0.467 e. The van der Waals surface area contributed by atoms with E-state index < -0.39 is 6.04 Å². The molecule has 5 heteroatoms. The Kier molecular flexibility index (Phi) is 4.74. The van der Waals surface area contributed by atoms with Crippen LogP contribution in [0.3, 0.4) is 0 Å². The number of pyridine rings is 1. The number of nitrogens with zero attached hydrogens (tertiary/aromatic N) is 1. The zero-order chi connectivity index (χ0) is 14.5. The molecule has 0 spiro atoms. The summed E-state index contributed by atoms with van der Waals surface area (Å²) in [6.45, 7) is 1.90. The first-order valence-corrected chi connectivity index (χ1v) is 6.92. The van der Waals surface area contributed by atoms with Crippen molar-refractivity contribution < 1.29 is 9.53 Å². The predicted octanol–water partition coefficient (Wildman–Crippen LogP) is 3.48. The van der Waals surface area contributed by atoms with Gasteiger partial charge in [-0.2, -0.15) is 0 Å². The highest BCUT2D eigenvalue weighted by atomic mass is 79.9. The second-order valence-electron chi connectivity index (χ2n) is 4.34. The Bertz CT molecular complexity index is 582. The van der Waals surface area contributed by atoms with Crippen LogP contribution in [0.25, 0.3) is 0 Å². The first-order valence-electron chi connectivity index (χ1n) is 6.12. The summed E-state index contributed by atoms with van der Waals surface area (Å²) < 4.78 is 5.84. The van der Waals surface area contributed by atoms with Crippen LogP contribution >= 0.6 is 15.9 Å². The zero-order valence-electron chi connectivity index (χ0n) is 11.3. The van der Waals surface area contributed by atoms with Gasteiger partial charge in [-0.15, -0.1) is 0 Å². The van der Waals surface area contributed by atoms with Crippen molar-refractivity contribution in [2.24, 2.45) is 0 Å². The highest BCUT2D eigenvalue weighted by molar-refractivity contribution is 9.10. The lowest BCUT2D eigenvalue weighted by Crippen LogP contribution is -2.22. The zero-order valence-corrected chi connectivity index (χ0v) is 12.8. The summed E-state index contributed by atoms with van der Waals surface area (Å²) in [5.41, 5.74) is 2.51. The minimum atomic E-state index is -0.575.